The van der Waals surface area contributed by atoms with Crippen molar-refractivity contribution in [3.8, 4) is 0 Å². The number of carbonyl (C=O) groups is 1. The molecule has 2 heterocycles. The molecule has 1 aromatic heterocycles. The minimum atomic E-state index is 0.0839. The van der Waals surface area contributed by atoms with E-state index in [0.717, 1.165) is 42.7 Å². The molecule has 1 fully saturated rings. The molecule has 0 unspecified atom stereocenters. The molecule has 2 N–H and O–H groups in total. The van der Waals surface area contributed by atoms with Crippen molar-refractivity contribution >= 4 is 22.5 Å². The van der Waals surface area contributed by atoms with E-state index in [0.29, 0.717) is 12.5 Å². The molecule has 4 nitrogen and oxygen atoms in total. The molecule has 0 aliphatic carbocycles. The van der Waals surface area contributed by atoms with Gasteiger partial charge >= 0.3 is 0 Å². The highest BCUT2D eigenvalue weighted by Gasteiger charge is 2.24. The third kappa shape index (κ3) is 3.83. The Labute approximate surface area is 166 Å². The summed E-state index contributed by atoms with van der Waals surface area (Å²) in [4.78, 5) is 18.3. The molecule has 28 heavy (non-hydrogen) atoms. The number of nitrogens with zero attached hydrogens (tertiary/aromatic N) is 1. The lowest BCUT2D eigenvalue weighted by atomic mass is 9.89. The van der Waals surface area contributed by atoms with Crippen LogP contribution < -0.4 is 5.32 Å². The number of fused-ring (bicyclic) bond motifs is 1. The van der Waals surface area contributed by atoms with E-state index in [4.69, 9.17) is 0 Å². The SMILES string of the molecule is Cc1cc(C)c(NC(=O)CN2CCC(c3c[nH]c4ccccc34)CC2)c(C)c1. The third-order valence-electron chi connectivity index (χ3n) is 5.96. The van der Waals surface area contributed by atoms with Gasteiger partial charge in [0.1, 0.15) is 0 Å². The van der Waals surface area contributed by atoms with E-state index in [1.807, 2.05) is 0 Å². The maximum atomic E-state index is 12.6. The van der Waals surface area contributed by atoms with E-state index in [9.17, 15) is 4.79 Å². The van der Waals surface area contributed by atoms with Crippen molar-refractivity contribution in [3.05, 3.63) is 64.8 Å². The number of piperidine rings is 1. The molecule has 0 spiro atoms. The number of carbonyl (C=O) groups excluding carboxylic acids is 1. The van der Waals surface area contributed by atoms with Crippen molar-refractivity contribution in [2.75, 3.05) is 25.0 Å². The first-order valence-electron chi connectivity index (χ1n) is 10.2. The number of nitrogens with one attached hydrogen (secondary N) is 2. The number of anilines is 1. The first kappa shape index (κ1) is 18.8. The monoisotopic (exact) mass is 375 g/mol. The molecule has 0 bridgehead atoms. The number of aromatic amines is 1. The molecule has 3 aromatic rings. The molecule has 0 saturated carbocycles. The number of aryl methyl sites for hydroxylation is 3. The Hall–Kier alpha value is -2.59. The van der Waals surface area contributed by atoms with Crippen LogP contribution in [0.15, 0.2) is 42.6 Å². The van der Waals surface area contributed by atoms with E-state index >= 15 is 0 Å². The maximum absolute atomic E-state index is 12.6. The largest absolute Gasteiger partial charge is 0.361 e. The standard InChI is InChI=1S/C24H29N3O/c1-16-12-17(2)24(18(3)13-16)26-23(28)15-27-10-8-19(9-11-27)21-14-25-22-7-5-4-6-20(21)22/h4-7,12-14,19,25H,8-11,15H2,1-3H3,(H,26,28). The first-order valence-corrected chi connectivity index (χ1v) is 10.2. The van der Waals surface area contributed by atoms with Crippen LogP contribution >= 0.6 is 0 Å². The fraction of sp³-hybridized carbons (Fsp3) is 0.375. The second kappa shape index (κ2) is 7.80. The zero-order valence-corrected chi connectivity index (χ0v) is 17.0. The van der Waals surface area contributed by atoms with E-state index < -0.39 is 0 Å². The van der Waals surface area contributed by atoms with Crippen molar-refractivity contribution in [2.45, 2.75) is 39.5 Å². The van der Waals surface area contributed by atoms with Gasteiger partial charge in [-0.3, -0.25) is 9.69 Å². The zero-order chi connectivity index (χ0) is 19.7. The van der Waals surface area contributed by atoms with Crippen LogP contribution in [0.2, 0.25) is 0 Å². The smallest absolute Gasteiger partial charge is 0.238 e. The predicted octanol–water partition coefficient (Wildman–Crippen LogP) is 4.91. The summed E-state index contributed by atoms with van der Waals surface area (Å²) >= 11 is 0. The Kier molecular flexibility index (Phi) is 5.23. The Morgan fingerprint density at radius 3 is 2.50 bits per heavy atom. The average molecular weight is 376 g/mol. The molecule has 1 amide bonds. The predicted molar refractivity (Wildman–Crippen MR) is 116 cm³/mol. The topological polar surface area (TPSA) is 48.1 Å². The van der Waals surface area contributed by atoms with E-state index in [-0.39, 0.29) is 5.91 Å². The Balaban J connectivity index is 1.35. The number of para-hydroxylation sites is 1. The molecule has 146 valence electrons. The van der Waals surface area contributed by atoms with Crippen molar-refractivity contribution in [1.82, 2.24) is 9.88 Å². The van der Waals surface area contributed by atoms with Crippen LogP contribution in [0.3, 0.4) is 0 Å². The number of rotatable bonds is 4. The van der Waals surface area contributed by atoms with Gasteiger partial charge in [0.05, 0.1) is 6.54 Å². The van der Waals surface area contributed by atoms with Gasteiger partial charge in [-0.05, 0) is 75.4 Å². The molecule has 1 aliphatic heterocycles. The van der Waals surface area contributed by atoms with Gasteiger partial charge in [0.15, 0.2) is 0 Å². The number of hydrogen-bond acceptors (Lipinski definition) is 2. The zero-order valence-electron chi connectivity index (χ0n) is 17.0. The lowest BCUT2D eigenvalue weighted by Gasteiger charge is -2.31. The van der Waals surface area contributed by atoms with E-state index in [1.165, 1.54) is 22.0 Å². The molecular weight excluding hydrogens is 346 g/mol. The van der Waals surface area contributed by atoms with Gasteiger partial charge in [-0.1, -0.05) is 35.9 Å². The quantitative estimate of drug-likeness (QED) is 0.680. The molecular formula is C24H29N3O. The Morgan fingerprint density at radius 2 is 1.79 bits per heavy atom. The number of amides is 1. The number of aromatic nitrogens is 1. The van der Waals surface area contributed by atoms with Crippen molar-refractivity contribution in [2.24, 2.45) is 0 Å². The normalized spacial score (nSPS) is 15.8. The van der Waals surface area contributed by atoms with Crippen LogP contribution in [0, 0.1) is 20.8 Å². The maximum Gasteiger partial charge on any atom is 0.238 e. The molecule has 0 radical (unpaired) electrons. The van der Waals surface area contributed by atoms with Gasteiger partial charge in [0.25, 0.3) is 0 Å². The molecule has 1 saturated heterocycles. The van der Waals surface area contributed by atoms with Crippen LogP contribution in [0.25, 0.3) is 10.9 Å². The number of hydrogen-bond donors (Lipinski definition) is 2. The molecule has 4 rings (SSSR count). The minimum Gasteiger partial charge on any atom is -0.361 e. The van der Waals surface area contributed by atoms with Gasteiger partial charge in [0, 0.05) is 22.8 Å². The highest BCUT2D eigenvalue weighted by Crippen LogP contribution is 2.33. The van der Waals surface area contributed by atoms with Crippen LogP contribution in [0.5, 0.6) is 0 Å². The molecule has 1 aliphatic rings. The van der Waals surface area contributed by atoms with Gasteiger partial charge in [-0.2, -0.15) is 0 Å². The van der Waals surface area contributed by atoms with Gasteiger partial charge in [-0.15, -0.1) is 0 Å². The number of H-pyrrole nitrogens is 1. The summed E-state index contributed by atoms with van der Waals surface area (Å²) in [6, 6.07) is 12.8. The minimum absolute atomic E-state index is 0.0839. The van der Waals surface area contributed by atoms with Crippen LogP contribution in [0.1, 0.15) is 41.0 Å². The van der Waals surface area contributed by atoms with Crippen LogP contribution in [0.4, 0.5) is 5.69 Å². The molecule has 2 aromatic carbocycles. The summed E-state index contributed by atoms with van der Waals surface area (Å²) in [6.07, 6.45) is 4.36. The summed E-state index contributed by atoms with van der Waals surface area (Å²) in [5.41, 5.74) is 7.08. The third-order valence-corrected chi connectivity index (χ3v) is 5.96. The van der Waals surface area contributed by atoms with Crippen LogP contribution in [-0.2, 0) is 4.79 Å². The fourth-order valence-electron chi connectivity index (χ4n) is 4.59. The Bertz CT molecular complexity index is 973. The molecule has 4 heteroatoms. The second-order valence-corrected chi connectivity index (χ2v) is 8.16. The lowest BCUT2D eigenvalue weighted by Crippen LogP contribution is -2.38. The van der Waals surface area contributed by atoms with Crippen molar-refractivity contribution in [1.29, 1.82) is 0 Å². The highest BCUT2D eigenvalue weighted by atomic mass is 16.2. The van der Waals surface area contributed by atoms with Gasteiger partial charge in [0.2, 0.25) is 5.91 Å². The summed E-state index contributed by atoms with van der Waals surface area (Å²) < 4.78 is 0. The number of benzene rings is 2. The molecule has 0 atom stereocenters. The van der Waals surface area contributed by atoms with E-state index in [1.54, 1.807) is 0 Å². The summed E-state index contributed by atoms with van der Waals surface area (Å²) in [6.45, 7) is 8.59. The van der Waals surface area contributed by atoms with Crippen molar-refractivity contribution < 1.29 is 4.79 Å². The number of likely N-dealkylation sites (tertiary alicyclic amines) is 1. The fourth-order valence-corrected chi connectivity index (χ4v) is 4.59. The van der Waals surface area contributed by atoms with E-state index in [2.05, 4.69) is 78.6 Å². The summed E-state index contributed by atoms with van der Waals surface area (Å²) in [5, 5.41) is 4.47. The lowest BCUT2D eigenvalue weighted by molar-refractivity contribution is -0.117. The second-order valence-electron chi connectivity index (χ2n) is 8.16. The van der Waals surface area contributed by atoms with Crippen molar-refractivity contribution in [3.63, 3.8) is 0 Å². The summed E-state index contributed by atoms with van der Waals surface area (Å²) in [7, 11) is 0. The van der Waals surface area contributed by atoms with Gasteiger partial charge < -0.3 is 10.3 Å². The summed E-state index contributed by atoms with van der Waals surface area (Å²) in [5.74, 6) is 0.651. The van der Waals surface area contributed by atoms with Gasteiger partial charge in [-0.25, -0.2) is 0 Å². The van der Waals surface area contributed by atoms with Crippen LogP contribution in [-0.4, -0.2) is 35.4 Å². The Morgan fingerprint density at radius 1 is 1.11 bits per heavy atom. The average Bonchev–Trinajstić information content (AvgIpc) is 3.09. The highest BCUT2D eigenvalue weighted by molar-refractivity contribution is 5.93. The first-order chi connectivity index (χ1) is 13.5.